The molecule has 1 N–H and O–H groups in total. The third-order valence-corrected chi connectivity index (χ3v) is 6.26. The fourth-order valence-corrected chi connectivity index (χ4v) is 4.75. The fraction of sp³-hybridized carbons (Fsp3) is 0.200. The van der Waals surface area contributed by atoms with E-state index < -0.39 is 21.5 Å². The number of amides is 1. The Kier molecular flexibility index (Phi) is 5.12. The highest BCUT2D eigenvalue weighted by Crippen LogP contribution is 2.24. The molecule has 1 amide bonds. The van der Waals surface area contributed by atoms with E-state index in [2.05, 4.69) is 10.3 Å². The number of nitrogens with one attached hydrogen (secondary N) is 1. The minimum Gasteiger partial charge on any atom is -0.462 e. The van der Waals surface area contributed by atoms with Crippen molar-refractivity contribution >= 4 is 38.4 Å². The van der Waals surface area contributed by atoms with E-state index in [1.807, 2.05) is 17.5 Å². The van der Waals surface area contributed by atoms with Gasteiger partial charge in [-0.15, -0.1) is 22.7 Å². The fourth-order valence-electron chi connectivity index (χ4n) is 2.01. The van der Waals surface area contributed by atoms with Gasteiger partial charge in [-0.3, -0.25) is 4.79 Å². The van der Waals surface area contributed by atoms with Crippen LogP contribution in [0.3, 0.4) is 0 Å². The van der Waals surface area contributed by atoms with Crippen molar-refractivity contribution in [3.8, 4) is 10.8 Å². The molecule has 0 aliphatic rings. The predicted octanol–water partition coefficient (Wildman–Crippen LogP) is 2.70. The zero-order valence-electron chi connectivity index (χ0n) is 12.5. The number of rotatable bonds is 7. The van der Waals surface area contributed by atoms with Crippen molar-refractivity contribution in [2.45, 2.75) is 12.3 Å². The van der Waals surface area contributed by atoms with Crippen molar-refractivity contribution in [3.63, 3.8) is 0 Å². The molecule has 9 heteroatoms. The maximum absolute atomic E-state index is 12.2. The molecule has 0 spiro atoms. The summed E-state index contributed by atoms with van der Waals surface area (Å²) >= 11 is 2.81. The lowest BCUT2D eigenvalue weighted by Crippen LogP contribution is -2.30. The molecule has 0 radical (unpaired) electrons. The molecule has 3 aromatic rings. The summed E-state index contributed by atoms with van der Waals surface area (Å²) in [6.07, 6.45) is 1.53. The molecule has 0 aliphatic heterocycles. The second-order valence-electron chi connectivity index (χ2n) is 5.01. The van der Waals surface area contributed by atoms with Crippen LogP contribution in [0, 0.1) is 0 Å². The molecule has 0 fully saturated rings. The van der Waals surface area contributed by atoms with Crippen molar-refractivity contribution in [3.05, 3.63) is 51.9 Å². The number of thiazole rings is 1. The summed E-state index contributed by atoms with van der Waals surface area (Å²) in [6.45, 7) is 0.339. The first kappa shape index (κ1) is 16.9. The highest BCUT2D eigenvalue weighted by atomic mass is 32.2. The van der Waals surface area contributed by atoms with E-state index in [4.69, 9.17) is 4.42 Å². The topological polar surface area (TPSA) is 89.3 Å². The Hall–Kier alpha value is -1.97. The summed E-state index contributed by atoms with van der Waals surface area (Å²) in [5.74, 6) is -0.731. The predicted molar refractivity (Wildman–Crippen MR) is 93.5 cm³/mol. The third kappa shape index (κ3) is 4.53. The quantitative estimate of drug-likeness (QED) is 0.679. The molecule has 3 heterocycles. The largest absolute Gasteiger partial charge is 0.462 e. The maximum atomic E-state index is 12.2. The second kappa shape index (κ2) is 7.29. The summed E-state index contributed by atoms with van der Waals surface area (Å²) < 4.78 is 29.5. The van der Waals surface area contributed by atoms with E-state index in [1.54, 1.807) is 17.5 Å². The van der Waals surface area contributed by atoms with Crippen molar-refractivity contribution < 1.29 is 17.6 Å². The van der Waals surface area contributed by atoms with Crippen molar-refractivity contribution in [1.82, 2.24) is 10.3 Å². The minimum absolute atomic E-state index is 0.267. The second-order valence-corrected chi connectivity index (χ2v) is 8.96. The van der Waals surface area contributed by atoms with Crippen molar-refractivity contribution in [2.24, 2.45) is 0 Å². The van der Waals surface area contributed by atoms with Crippen LogP contribution in [0.15, 0.2) is 45.7 Å². The number of carbonyl (C=O) groups excluding carboxylic acids is 1. The minimum atomic E-state index is -3.58. The number of aromatic nitrogens is 1. The van der Waals surface area contributed by atoms with Crippen LogP contribution in [0.1, 0.15) is 10.6 Å². The number of carbonyl (C=O) groups is 1. The maximum Gasteiger partial charge on any atom is 0.235 e. The van der Waals surface area contributed by atoms with Gasteiger partial charge in [-0.2, -0.15) is 0 Å². The highest BCUT2D eigenvalue weighted by molar-refractivity contribution is 7.91. The molecular formula is C15H14N2O4S3. The number of nitrogens with zero attached hydrogens (tertiary/aromatic N) is 1. The van der Waals surface area contributed by atoms with Crippen LogP contribution in [-0.4, -0.2) is 25.1 Å². The number of sulfone groups is 1. The SMILES string of the molecule is O=C(CS(=O)(=O)Cc1csc(-c2ccco2)n1)NCc1cccs1. The van der Waals surface area contributed by atoms with E-state index >= 15 is 0 Å². The average molecular weight is 382 g/mol. The first-order chi connectivity index (χ1) is 11.5. The highest BCUT2D eigenvalue weighted by Gasteiger charge is 2.19. The van der Waals surface area contributed by atoms with Crippen molar-refractivity contribution in [1.29, 1.82) is 0 Å². The van der Waals surface area contributed by atoms with Crippen LogP contribution in [-0.2, 0) is 26.9 Å². The summed E-state index contributed by atoms with van der Waals surface area (Å²) in [5, 5.41) is 6.80. The van der Waals surface area contributed by atoms with E-state index in [1.165, 1.54) is 28.9 Å². The summed E-state index contributed by atoms with van der Waals surface area (Å²) in [4.78, 5) is 17.0. The molecule has 0 unspecified atom stereocenters. The number of thiophene rings is 1. The Balaban J connectivity index is 1.56. The van der Waals surface area contributed by atoms with Gasteiger partial charge < -0.3 is 9.73 Å². The summed E-state index contributed by atoms with van der Waals surface area (Å²) in [7, 11) is -3.58. The monoisotopic (exact) mass is 382 g/mol. The first-order valence-corrected chi connectivity index (χ1v) is 10.6. The summed E-state index contributed by atoms with van der Waals surface area (Å²) in [6, 6.07) is 7.26. The van der Waals surface area contributed by atoms with Crippen LogP contribution in [0.25, 0.3) is 10.8 Å². The molecule has 3 aromatic heterocycles. The molecule has 0 bridgehead atoms. The molecule has 0 aliphatic carbocycles. The lowest BCUT2D eigenvalue weighted by molar-refractivity contribution is -0.118. The Morgan fingerprint density at radius 1 is 1.25 bits per heavy atom. The first-order valence-electron chi connectivity index (χ1n) is 7.00. The Labute approximate surface area is 147 Å². The molecular weight excluding hydrogens is 368 g/mol. The van der Waals surface area contributed by atoms with Gasteiger partial charge in [-0.05, 0) is 23.6 Å². The van der Waals surface area contributed by atoms with E-state index in [0.29, 0.717) is 23.0 Å². The van der Waals surface area contributed by atoms with Crippen LogP contribution in [0.2, 0.25) is 0 Å². The van der Waals surface area contributed by atoms with Crippen LogP contribution in [0.5, 0.6) is 0 Å². The molecule has 126 valence electrons. The molecule has 24 heavy (non-hydrogen) atoms. The van der Waals surface area contributed by atoms with Gasteiger partial charge >= 0.3 is 0 Å². The summed E-state index contributed by atoms with van der Waals surface area (Å²) in [5.41, 5.74) is 0.414. The van der Waals surface area contributed by atoms with Gasteiger partial charge in [0.1, 0.15) is 5.75 Å². The third-order valence-electron chi connectivity index (χ3n) is 3.04. The number of hydrogen-bond acceptors (Lipinski definition) is 7. The van der Waals surface area contributed by atoms with Crippen LogP contribution >= 0.6 is 22.7 Å². The van der Waals surface area contributed by atoms with Gasteiger partial charge in [0.05, 0.1) is 24.3 Å². The molecule has 6 nitrogen and oxygen atoms in total. The smallest absolute Gasteiger partial charge is 0.235 e. The standard InChI is InChI=1S/C15H14N2O4S3/c18-14(16-7-12-3-2-6-22-12)10-24(19,20)9-11-8-23-15(17-11)13-4-1-5-21-13/h1-6,8H,7,9-10H2,(H,16,18). The van der Waals surface area contributed by atoms with Crippen LogP contribution < -0.4 is 5.32 Å². The van der Waals surface area contributed by atoms with E-state index in [-0.39, 0.29) is 5.75 Å². The molecule has 0 aromatic carbocycles. The Morgan fingerprint density at radius 3 is 2.83 bits per heavy atom. The lowest BCUT2D eigenvalue weighted by Gasteiger charge is -2.04. The molecule has 0 saturated carbocycles. The normalized spacial score (nSPS) is 11.5. The van der Waals surface area contributed by atoms with Gasteiger partial charge in [-0.1, -0.05) is 6.07 Å². The van der Waals surface area contributed by atoms with Gasteiger partial charge in [0.2, 0.25) is 5.91 Å². The van der Waals surface area contributed by atoms with Crippen molar-refractivity contribution in [2.75, 3.05) is 5.75 Å². The van der Waals surface area contributed by atoms with E-state index in [9.17, 15) is 13.2 Å². The van der Waals surface area contributed by atoms with Gasteiger partial charge in [0.15, 0.2) is 20.6 Å². The Morgan fingerprint density at radius 2 is 2.12 bits per heavy atom. The number of hydrogen-bond donors (Lipinski definition) is 1. The van der Waals surface area contributed by atoms with Gasteiger partial charge in [0, 0.05) is 10.3 Å². The zero-order chi connectivity index (χ0) is 17.0. The Bertz CT molecular complexity index is 897. The van der Waals surface area contributed by atoms with E-state index in [0.717, 1.165) is 4.88 Å². The van der Waals surface area contributed by atoms with Gasteiger partial charge in [0.25, 0.3) is 0 Å². The lowest BCUT2D eigenvalue weighted by atomic mass is 10.4. The van der Waals surface area contributed by atoms with Crippen LogP contribution in [0.4, 0.5) is 0 Å². The number of furan rings is 1. The zero-order valence-corrected chi connectivity index (χ0v) is 14.9. The molecule has 3 rings (SSSR count). The average Bonchev–Trinajstić information content (AvgIpc) is 3.26. The molecule has 0 atom stereocenters. The molecule has 0 saturated heterocycles. The van der Waals surface area contributed by atoms with Gasteiger partial charge in [-0.25, -0.2) is 13.4 Å².